The SMILES string of the molecule is C[C@]12CCC(=O)C[C@@H]1CC[C@@H]1[C@@H]2CC[C@]2(C)[C@@]1(O)CC[C@]2(O)C(=O)CO. The molecular formula is C21H32O5. The van der Waals surface area contributed by atoms with E-state index in [2.05, 4.69) is 6.92 Å². The van der Waals surface area contributed by atoms with Crippen LogP contribution in [0.5, 0.6) is 0 Å². The van der Waals surface area contributed by atoms with E-state index in [1.54, 1.807) is 0 Å². The number of hydrogen-bond acceptors (Lipinski definition) is 5. The molecule has 0 amide bonds. The van der Waals surface area contributed by atoms with E-state index in [1.165, 1.54) is 0 Å². The zero-order valence-corrected chi connectivity index (χ0v) is 16.0. The third-order valence-corrected chi connectivity index (χ3v) is 9.42. The lowest BCUT2D eigenvalue weighted by Gasteiger charge is -2.63. The van der Waals surface area contributed by atoms with Gasteiger partial charge in [-0.2, -0.15) is 0 Å². The van der Waals surface area contributed by atoms with Crippen LogP contribution in [0.4, 0.5) is 0 Å². The van der Waals surface area contributed by atoms with Gasteiger partial charge in [0, 0.05) is 18.3 Å². The Bertz CT molecular complexity index is 646. The molecule has 0 radical (unpaired) electrons. The van der Waals surface area contributed by atoms with Crippen LogP contribution in [0.15, 0.2) is 0 Å². The van der Waals surface area contributed by atoms with E-state index < -0.39 is 29.0 Å². The maximum absolute atomic E-state index is 12.4. The molecule has 4 aliphatic carbocycles. The predicted molar refractivity (Wildman–Crippen MR) is 95.2 cm³/mol. The van der Waals surface area contributed by atoms with Crippen molar-refractivity contribution in [1.29, 1.82) is 0 Å². The van der Waals surface area contributed by atoms with Crippen molar-refractivity contribution in [3.63, 3.8) is 0 Å². The number of ketones is 2. The van der Waals surface area contributed by atoms with Gasteiger partial charge in [0.15, 0.2) is 5.78 Å². The summed E-state index contributed by atoms with van der Waals surface area (Å²) in [5.74, 6) is 0.596. The zero-order valence-electron chi connectivity index (χ0n) is 16.0. The number of Topliss-reactive ketones (excluding diaryl/α,β-unsaturated/α-hetero) is 2. The zero-order chi connectivity index (χ0) is 19.0. The Labute approximate surface area is 155 Å². The fourth-order valence-electron chi connectivity index (χ4n) is 7.61. The standard InChI is InChI=1S/C21H32O5/c1-18-7-5-14(23)11-13(18)3-4-16-15(18)6-8-19(2)20(16,25)9-10-21(19,26)17(24)12-22/h13,15-16,22,25-26H,3-12H2,1-2H3/t13-,15-,16+,18-,19+,20+,21-/m0/s1. The number of carbonyl (C=O) groups excluding carboxylic acids is 2. The van der Waals surface area contributed by atoms with Crippen molar-refractivity contribution in [2.24, 2.45) is 28.6 Å². The van der Waals surface area contributed by atoms with Gasteiger partial charge in [-0.3, -0.25) is 9.59 Å². The lowest BCUT2D eigenvalue weighted by molar-refractivity contribution is -0.230. The molecule has 0 heterocycles. The van der Waals surface area contributed by atoms with E-state index in [9.17, 15) is 24.9 Å². The van der Waals surface area contributed by atoms with Crippen molar-refractivity contribution < 1.29 is 24.9 Å². The Balaban J connectivity index is 1.71. The third-order valence-electron chi connectivity index (χ3n) is 9.42. The van der Waals surface area contributed by atoms with Crippen LogP contribution < -0.4 is 0 Å². The van der Waals surface area contributed by atoms with Crippen LogP contribution in [0.3, 0.4) is 0 Å². The Morgan fingerprint density at radius 3 is 2.46 bits per heavy atom. The van der Waals surface area contributed by atoms with E-state index in [4.69, 9.17) is 0 Å². The molecule has 0 bridgehead atoms. The first-order valence-corrected chi connectivity index (χ1v) is 10.2. The molecule has 0 aromatic rings. The van der Waals surface area contributed by atoms with Crippen LogP contribution in [0, 0.1) is 28.6 Å². The van der Waals surface area contributed by atoms with Gasteiger partial charge in [0.1, 0.15) is 18.0 Å². The van der Waals surface area contributed by atoms with Crippen molar-refractivity contribution in [3.8, 4) is 0 Å². The van der Waals surface area contributed by atoms with Crippen molar-refractivity contribution in [3.05, 3.63) is 0 Å². The summed E-state index contributed by atoms with van der Waals surface area (Å²) >= 11 is 0. The molecule has 146 valence electrons. The highest BCUT2D eigenvalue weighted by atomic mass is 16.3. The van der Waals surface area contributed by atoms with Gasteiger partial charge < -0.3 is 15.3 Å². The molecule has 3 N–H and O–H groups in total. The highest BCUT2D eigenvalue weighted by molar-refractivity contribution is 5.89. The first kappa shape index (κ1) is 18.6. The molecule has 7 atom stereocenters. The average molecular weight is 364 g/mol. The normalized spacial score (nSPS) is 53.6. The molecule has 0 aromatic heterocycles. The number of carbonyl (C=O) groups is 2. The van der Waals surface area contributed by atoms with Crippen LogP contribution in [0.2, 0.25) is 0 Å². The van der Waals surface area contributed by atoms with Crippen molar-refractivity contribution in [2.45, 2.75) is 82.8 Å². The van der Waals surface area contributed by atoms with Gasteiger partial charge in [-0.25, -0.2) is 0 Å². The molecule has 4 rings (SSSR count). The summed E-state index contributed by atoms with van der Waals surface area (Å²) in [6.07, 6.45) is 6.08. The van der Waals surface area contributed by atoms with E-state index in [0.29, 0.717) is 43.3 Å². The van der Waals surface area contributed by atoms with Gasteiger partial charge in [0.05, 0.1) is 5.60 Å². The highest BCUT2D eigenvalue weighted by Gasteiger charge is 2.73. The topological polar surface area (TPSA) is 94.8 Å². The Hall–Kier alpha value is -0.780. The molecule has 0 spiro atoms. The first-order chi connectivity index (χ1) is 12.1. The number of fused-ring (bicyclic) bond motifs is 5. The summed E-state index contributed by atoms with van der Waals surface area (Å²) in [7, 11) is 0. The van der Waals surface area contributed by atoms with Crippen LogP contribution in [0.25, 0.3) is 0 Å². The van der Waals surface area contributed by atoms with Crippen molar-refractivity contribution in [1.82, 2.24) is 0 Å². The van der Waals surface area contributed by atoms with Gasteiger partial charge in [-0.15, -0.1) is 0 Å². The maximum atomic E-state index is 12.4. The molecule has 26 heavy (non-hydrogen) atoms. The monoisotopic (exact) mass is 364 g/mol. The Kier molecular flexibility index (Phi) is 4.01. The predicted octanol–water partition coefficient (Wildman–Crippen LogP) is 2.01. The third kappa shape index (κ3) is 2.03. The molecule has 5 heteroatoms. The van der Waals surface area contributed by atoms with E-state index >= 15 is 0 Å². The summed E-state index contributed by atoms with van der Waals surface area (Å²) < 4.78 is 0. The second-order valence-electron chi connectivity index (χ2n) is 9.97. The Morgan fingerprint density at radius 2 is 1.77 bits per heavy atom. The number of aliphatic hydroxyl groups excluding tert-OH is 1. The summed E-state index contributed by atoms with van der Waals surface area (Å²) in [4.78, 5) is 24.3. The average Bonchev–Trinajstić information content (AvgIpc) is 2.84. The van der Waals surface area contributed by atoms with Crippen LogP contribution >= 0.6 is 0 Å². The quantitative estimate of drug-likeness (QED) is 0.697. The fourth-order valence-corrected chi connectivity index (χ4v) is 7.61. The summed E-state index contributed by atoms with van der Waals surface area (Å²) in [5, 5.41) is 32.4. The van der Waals surface area contributed by atoms with Gasteiger partial charge in [-0.05, 0) is 68.1 Å². The second-order valence-corrected chi connectivity index (χ2v) is 9.97. The molecule has 4 saturated carbocycles. The van der Waals surface area contributed by atoms with E-state index in [1.807, 2.05) is 6.92 Å². The van der Waals surface area contributed by atoms with Gasteiger partial charge in [0.2, 0.25) is 0 Å². The first-order valence-electron chi connectivity index (χ1n) is 10.2. The summed E-state index contributed by atoms with van der Waals surface area (Å²) in [5.41, 5.74) is -3.56. The van der Waals surface area contributed by atoms with Crippen LogP contribution in [0.1, 0.15) is 71.6 Å². The molecule has 4 fully saturated rings. The van der Waals surface area contributed by atoms with Gasteiger partial charge in [0.25, 0.3) is 0 Å². The molecule has 0 aliphatic heterocycles. The van der Waals surface area contributed by atoms with Gasteiger partial charge >= 0.3 is 0 Å². The minimum absolute atomic E-state index is 0.0521. The van der Waals surface area contributed by atoms with Gasteiger partial charge in [-0.1, -0.05) is 13.8 Å². The smallest absolute Gasteiger partial charge is 0.190 e. The molecule has 4 aliphatic rings. The number of hydrogen-bond donors (Lipinski definition) is 3. The van der Waals surface area contributed by atoms with E-state index in [0.717, 1.165) is 25.7 Å². The largest absolute Gasteiger partial charge is 0.389 e. The minimum Gasteiger partial charge on any atom is -0.389 e. The molecule has 0 unspecified atom stereocenters. The Morgan fingerprint density at radius 1 is 1.04 bits per heavy atom. The molecule has 0 aromatic carbocycles. The molecular weight excluding hydrogens is 332 g/mol. The highest BCUT2D eigenvalue weighted by Crippen LogP contribution is 2.69. The van der Waals surface area contributed by atoms with E-state index in [-0.39, 0.29) is 17.8 Å². The molecule has 5 nitrogen and oxygen atoms in total. The fraction of sp³-hybridized carbons (Fsp3) is 0.905. The molecule has 0 saturated heterocycles. The van der Waals surface area contributed by atoms with Crippen molar-refractivity contribution >= 4 is 11.6 Å². The minimum atomic E-state index is -1.64. The number of rotatable bonds is 2. The number of aliphatic hydroxyl groups is 3. The lowest BCUT2D eigenvalue weighted by atomic mass is 9.43. The lowest BCUT2D eigenvalue weighted by Crippen LogP contribution is -2.66. The van der Waals surface area contributed by atoms with Crippen LogP contribution in [-0.2, 0) is 9.59 Å². The van der Waals surface area contributed by atoms with Crippen molar-refractivity contribution in [2.75, 3.05) is 6.61 Å². The summed E-state index contributed by atoms with van der Waals surface area (Å²) in [6, 6.07) is 0. The maximum Gasteiger partial charge on any atom is 0.190 e. The summed E-state index contributed by atoms with van der Waals surface area (Å²) in [6.45, 7) is 3.47. The second kappa shape index (κ2) is 5.62. The van der Waals surface area contributed by atoms with Crippen LogP contribution in [-0.4, -0.2) is 44.7 Å².